The summed E-state index contributed by atoms with van der Waals surface area (Å²) in [6.07, 6.45) is 6.65. The van der Waals surface area contributed by atoms with Gasteiger partial charge in [0.15, 0.2) is 0 Å². The molecular formula is C16H21NO3. The van der Waals surface area contributed by atoms with Gasteiger partial charge in [-0.3, -0.25) is 0 Å². The van der Waals surface area contributed by atoms with Crippen molar-refractivity contribution in [1.29, 1.82) is 5.26 Å². The van der Waals surface area contributed by atoms with Crippen LogP contribution in [0.2, 0.25) is 0 Å². The molecule has 4 aliphatic rings. The highest BCUT2D eigenvalue weighted by atomic mass is 16.5. The number of aliphatic hydroxyl groups is 1. The van der Waals surface area contributed by atoms with Crippen LogP contribution in [0.5, 0.6) is 0 Å². The number of nitrogens with zero attached hydrogens (tertiary/aromatic N) is 1. The molecule has 0 saturated heterocycles. The molecule has 4 aliphatic carbocycles. The molecule has 0 aromatic heterocycles. The van der Waals surface area contributed by atoms with Crippen LogP contribution in [-0.2, 0) is 9.53 Å². The molecule has 4 bridgehead atoms. The quantitative estimate of drug-likeness (QED) is 0.630. The molecule has 0 amide bonds. The monoisotopic (exact) mass is 275 g/mol. The minimum Gasteiger partial charge on any atom is -0.462 e. The van der Waals surface area contributed by atoms with Gasteiger partial charge in [-0.25, -0.2) is 4.79 Å². The highest BCUT2D eigenvalue weighted by Crippen LogP contribution is 2.69. The van der Waals surface area contributed by atoms with Crippen LogP contribution in [0.3, 0.4) is 0 Å². The fourth-order valence-corrected chi connectivity index (χ4v) is 5.59. The van der Waals surface area contributed by atoms with Gasteiger partial charge in [-0.15, -0.1) is 0 Å². The molecule has 4 nitrogen and oxygen atoms in total. The average molecular weight is 275 g/mol. The summed E-state index contributed by atoms with van der Waals surface area (Å²) in [4.78, 5) is 11.3. The molecule has 4 unspecified atom stereocenters. The summed E-state index contributed by atoms with van der Waals surface area (Å²) < 4.78 is 5.31. The second-order valence-corrected chi connectivity index (χ2v) is 7.37. The first-order valence-corrected chi connectivity index (χ1v) is 7.30. The molecule has 0 radical (unpaired) electrons. The second-order valence-electron chi connectivity index (χ2n) is 7.37. The van der Waals surface area contributed by atoms with Crippen molar-refractivity contribution in [3.8, 4) is 6.07 Å². The maximum Gasteiger partial charge on any atom is 0.330 e. The van der Waals surface area contributed by atoms with E-state index in [1.54, 1.807) is 0 Å². The molecule has 4 heteroatoms. The van der Waals surface area contributed by atoms with Gasteiger partial charge in [0.25, 0.3) is 0 Å². The van der Waals surface area contributed by atoms with Crippen molar-refractivity contribution >= 4 is 5.97 Å². The van der Waals surface area contributed by atoms with Gasteiger partial charge in [0.05, 0.1) is 18.1 Å². The van der Waals surface area contributed by atoms with Crippen molar-refractivity contribution < 1.29 is 14.6 Å². The molecule has 1 N–H and O–H groups in total. The molecular weight excluding hydrogens is 254 g/mol. The van der Waals surface area contributed by atoms with E-state index in [1.165, 1.54) is 6.08 Å². The summed E-state index contributed by atoms with van der Waals surface area (Å²) in [6, 6.07) is 2.52. The van der Waals surface area contributed by atoms with Crippen molar-refractivity contribution in [3.63, 3.8) is 0 Å². The minimum atomic E-state index is -0.398. The number of rotatable bonds is 4. The van der Waals surface area contributed by atoms with Crippen LogP contribution in [0.4, 0.5) is 0 Å². The predicted octanol–water partition coefficient (Wildman–Crippen LogP) is 2.19. The third-order valence-electron chi connectivity index (χ3n) is 5.56. The number of esters is 1. The van der Waals surface area contributed by atoms with Crippen LogP contribution in [0.1, 0.15) is 38.5 Å². The van der Waals surface area contributed by atoms with E-state index >= 15 is 0 Å². The highest BCUT2D eigenvalue weighted by Gasteiger charge is 2.63. The Morgan fingerprint density at radius 2 is 2.05 bits per heavy atom. The van der Waals surface area contributed by atoms with Gasteiger partial charge in [0, 0.05) is 18.1 Å². The van der Waals surface area contributed by atoms with Crippen LogP contribution >= 0.6 is 0 Å². The first kappa shape index (κ1) is 13.6. The number of hydrogen-bond acceptors (Lipinski definition) is 4. The molecule has 4 fully saturated rings. The summed E-state index contributed by atoms with van der Waals surface area (Å²) in [5.41, 5.74) is -0.561. The van der Waals surface area contributed by atoms with Gasteiger partial charge in [-0.2, -0.15) is 5.26 Å². The lowest BCUT2D eigenvalue weighted by atomic mass is 9.40. The SMILES string of the molecule is C=CC(=O)OCC12CC3CC(C#N)(CC(CO)(C3)C1)C2. The summed E-state index contributed by atoms with van der Waals surface area (Å²) in [6.45, 7) is 3.92. The van der Waals surface area contributed by atoms with E-state index < -0.39 is 5.97 Å². The lowest BCUT2D eigenvalue weighted by molar-refractivity contribution is -0.179. The molecule has 108 valence electrons. The van der Waals surface area contributed by atoms with Crippen molar-refractivity contribution in [2.45, 2.75) is 38.5 Å². The van der Waals surface area contributed by atoms with E-state index in [1.807, 2.05) is 0 Å². The van der Waals surface area contributed by atoms with E-state index in [9.17, 15) is 15.2 Å². The van der Waals surface area contributed by atoms with Gasteiger partial charge in [0.1, 0.15) is 0 Å². The summed E-state index contributed by atoms with van der Waals surface area (Å²) >= 11 is 0. The highest BCUT2D eigenvalue weighted by molar-refractivity contribution is 5.81. The van der Waals surface area contributed by atoms with Gasteiger partial charge >= 0.3 is 5.97 Å². The number of aliphatic hydroxyl groups excluding tert-OH is 1. The molecule has 0 heterocycles. The van der Waals surface area contributed by atoms with Gasteiger partial charge < -0.3 is 9.84 Å². The fourth-order valence-electron chi connectivity index (χ4n) is 5.59. The zero-order chi connectivity index (χ0) is 14.4. The zero-order valence-electron chi connectivity index (χ0n) is 11.7. The summed E-state index contributed by atoms with van der Waals surface area (Å²) in [5.74, 6) is 0.0882. The van der Waals surface area contributed by atoms with Crippen LogP contribution < -0.4 is 0 Å². The van der Waals surface area contributed by atoms with Crippen LogP contribution in [0, 0.1) is 33.5 Å². The van der Waals surface area contributed by atoms with E-state index in [2.05, 4.69) is 12.6 Å². The molecule has 0 spiro atoms. The Labute approximate surface area is 119 Å². The third-order valence-corrected chi connectivity index (χ3v) is 5.56. The maximum atomic E-state index is 11.3. The summed E-state index contributed by atoms with van der Waals surface area (Å²) in [5, 5.41) is 19.5. The van der Waals surface area contributed by atoms with E-state index in [4.69, 9.17) is 4.74 Å². The van der Waals surface area contributed by atoms with E-state index in [0.29, 0.717) is 12.5 Å². The van der Waals surface area contributed by atoms with Crippen molar-refractivity contribution in [2.75, 3.05) is 13.2 Å². The Morgan fingerprint density at radius 1 is 1.35 bits per heavy atom. The molecule has 0 aromatic carbocycles. The van der Waals surface area contributed by atoms with Crippen molar-refractivity contribution in [1.82, 2.24) is 0 Å². The van der Waals surface area contributed by atoms with Gasteiger partial charge in [0.2, 0.25) is 0 Å². The van der Waals surface area contributed by atoms with Crippen LogP contribution in [0.25, 0.3) is 0 Å². The lowest BCUT2D eigenvalue weighted by Crippen LogP contribution is -2.59. The van der Waals surface area contributed by atoms with Crippen molar-refractivity contribution in [3.05, 3.63) is 12.7 Å². The van der Waals surface area contributed by atoms with E-state index in [-0.39, 0.29) is 22.9 Å². The topological polar surface area (TPSA) is 70.3 Å². The number of nitriles is 1. The van der Waals surface area contributed by atoms with Gasteiger partial charge in [-0.05, 0) is 49.9 Å². The molecule has 0 aliphatic heterocycles. The largest absolute Gasteiger partial charge is 0.462 e. The Kier molecular flexibility index (Phi) is 2.95. The molecule has 0 aromatic rings. The molecule has 4 saturated carbocycles. The van der Waals surface area contributed by atoms with Crippen LogP contribution in [-0.4, -0.2) is 24.3 Å². The average Bonchev–Trinajstić information content (AvgIpc) is 2.43. The number of ether oxygens (including phenoxy) is 1. The number of hydrogen-bond donors (Lipinski definition) is 1. The Morgan fingerprint density at radius 3 is 2.70 bits per heavy atom. The second kappa shape index (κ2) is 4.33. The van der Waals surface area contributed by atoms with E-state index in [0.717, 1.165) is 38.5 Å². The standard InChI is InChI=1S/C16H21NO3/c1-2-13(19)20-11-16-5-12-3-14(7-16,9-17)6-15(4-12,8-16)10-18/h2,12,18H,1,3-8,10-11H2. The zero-order valence-corrected chi connectivity index (χ0v) is 11.7. The first-order chi connectivity index (χ1) is 9.48. The minimum absolute atomic E-state index is 0.115. The third kappa shape index (κ3) is 1.96. The molecule has 4 rings (SSSR count). The normalized spacial score (nSPS) is 44.9. The molecule has 4 atom stereocenters. The Balaban J connectivity index is 1.87. The number of carbonyl (C=O) groups is 1. The smallest absolute Gasteiger partial charge is 0.330 e. The lowest BCUT2D eigenvalue weighted by Gasteiger charge is -2.64. The maximum absolute atomic E-state index is 11.3. The van der Waals surface area contributed by atoms with Crippen molar-refractivity contribution in [2.24, 2.45) is 22.2 Å². The Hall–Kier alpha value is -1.34. The molecule has 20 heavy (non-hydrogen) atoms. The Bertz CT molecular complexity index is 496. The predicted molar refractivity (Wildman–Crippen MR) is 72.3 cm³/mol. The van der Waals surface area contributed by atoms with Crippen LogP contribution in [0.15, 0.2) is 12.7 Å². The fraction of sp³-hybridized carbons (Fsp3) is 0.750. The first-order valence-electron chi connectivity index (χ1n) is 7.30. The van der Waals surface area contributed by atoms with Gasteiger partial charge in [-0.1, -0.05) is 6.58 Å². The summed E-state index contributed by atoms with van der Waals surface area (Å²) in [7, 11) is 0. The number of carbonyl (C=O) groups excluding carboxylic acids is 1.